The highest BCUT2D eigenvalue weighted by atomic mass is 16.5. The van der Waals surface area contributed by atoms with Crippen LogP contribution in [-0.4, -0.2) is 60.3 Å². The van der Waals surface area contributed by atoms with Gasteiger partial charge in [0.25, 0.3) is 0 Å². The van der Waals surface area contributed by atoms with E-state index in [2.05, 4.69) is 34.3 Å². The number of ether oxygens (including phenoxy) is 2. The summed E-state index contributed by atoms with van der Waals surface area (Å²) in [6.07, 6.45) is 1.87. The molecule has 0 N–H and O–H groups in total. The van der Waals surface area contributed by atoms with E-state index in [9.17, 15) is 4.79 Å². The second-order valence-electron chi connectivity index (χ2n) is 9.19. The molecule has 2 aromatic carbocycles. The van der Waals surface area contributed by atoms with Gasteiger partial charge in [0.1, 0.15) is 11.5 Å². The van der Waals surface area contributed by atoms with E-state index in [1.54, 1.807) is 7.11 Å². The standard InChI is InChI=1S/C28H35N3O4/c1-21-27(22(2)35-29-21)20-34-26-17-30(14-8-12-23-9-5-4-6-10-23)19-28(32)31(18-26)16-24-11-7-13-25(15-24)33-3/h4-7,9-11,13,15,26H,8,12,14,16-20H2,1-3H3. The van der Waals surface area contributed by atoms with Crippen LogP contribution in [0.2, 0.25) is 0 Å². The van der Waals surface area contributed by atoms with Gasteiger partial charge in [-0.05, 0) is 56.5 Å². The van der Waals surface area contributed by atoms with Gasteiger partial charge in [-0.15, -0.1) is 0 Å². The summed E-state index contributed by atoms with van der Waals surface area (Å²) in [5.41, 5.74) is 4.19. The van der Waals surface area contributed by atoms with E-state index in [1.165, 1.54) is 5.56 Å². The molecule has 7 nitrogen and oxygen atoms in total. The summed E-state index contributed by atoms with van der Waals surface area (Å²) in [7, 11) is 1.65. The number of hydrogen-bond donors (Lipinski definition) is 0. The molecule has 1 saturated heterocycles. The van der Waals surface area contributed by atoms with Crippen molar-refractivity contribution in [3.05, 3.63) is 82.7 Å². The third-order valence-corrected chi connectivity index (χ3v) is 6.53. The minimum atomic E-state index is -0.113. The van der Waals surface area contributed by atoms with Crippen molar-refractivity contribution >= 4 is 5.91 Å². The van der Waals surface area contributed by atoms with Gasteiger partial charge in [0.2, 0.25) is 5.91 Å². The quantitative estimate of drug-likeness (QED) is 0.437. The van der Waals surface area contributed by atoms with Crippen LogP contribution in [0.1, 0.15) is 34.6 Å². The minimum Gasteiger partial charge on any atom is -0.497 e. The van der Waals surface area contributed by atoms with Crippen LogP contribution in [0.4, 0.5) is 0 Å². The summed E-state index contributed by atoms with van der Waals surface area (Å²) >= 11 is 0. The van der Waals surface area contributed by atoms with Crippen molar-refractivity contribution in [3.63, 3.8) is 0 Å². The molecule has 7 heteroatoms. The predicted molar refractivity (Wildman–Crippen MR) is 134 cm³/mol. The Bertz CT molecular complexity index is 1080. The van der Waals surface area contributed by atoms with Crippen molar-refractivity contribution in [2.45, 2.75) is 45.9 Å². The first-order valence-corrected chi connectivity index (χ1v) is 12.2. The molecular weight excluding hydrogens is 442 g/mol. The fourth-order valence-corrected chi connectivity index (χ4v) is 4.53. The van der Waals surface area contributed by atoms with Crippen molar-refractivity contribution in [2.24, 2.45) is 0 Å². The Hall–Kier alpha value is -3.16. The second kappa shape index (κ2) is 12.0. The molecule has 3 aromatic rings. The first kappa shape index (κ1) is 24.9. The Morgan fingerprint density at radius 3 is 2.60 bits per heavy atom. The van der Waals surface area contributed by atoms with E-state index in [-0.39, 0.29) is 12.0 Å². The molecule has 1 atom stereocenters. The Balaban J connectivity index is 1.44. The Labute approximate surface area is 207 Å². The van der Waals surface area contributed by atoms with E-state index in [4.69, 9.17) is 14.0 Å². The van der Waals surface area contributed by atoms with E-state index in [0.29, 0.717) is 32.8 Å². The fourth-order valence-electron chi connectivity index (χ4n) is 4.53. The summed E-state index contributed by atoms with van der Waals surface area (Å²) in [5, 5.41) is 4.04. The van der Waals surface area contributed by atoms with Gasteiger partial charge >= 0.3 is 0 Å². The Kier molecular flexibility index (Phi) is 8.55. The van der Waals surface area contributed by atoms with Gasteiger partial charge in [0, 0.05) is 25.2 Å². The molecule has 186 valence electrons. The fraction of sp³-hybridized carbons (Fsp3) is 0.429. The smallest absolute Gasteiger partial charge is 0.237 e. The lowest BCUT2D eigenvalue weighted by Gasteiger charge is -2.25. The predicted octanol–water partition coefficient (Wildman–Crippen LogP) is 4.16. The molecular formula is C28H35N3O4. The zero-order valence-electron chi connectivity index (χ0n) is 20.9. The van der Waals surface area contributed by atoms with Gasteiger partial charge in [0.15, 0.2) is 0 Å². The first-order chi connectivity index (χ1) is 17.0. The zero-order chi connectivity index (χ0) is 24.6. The molecule has 0 saturated carbocycles. The molecule has 0 spiro atoms. The number of carbonyl (C=O) groups is 1. The van der Waals surface area contributed by atoms with Crippen molar-refractivity contribution in [1.82, 2.24) is 15.0 Å². The van der Waals surface area contributed by atoms with Gasteiger partial charge in [-0.1, -0.05) is 47.6 Å². The van der Waals surface area contributed by atoms with Crippen molar-refractivity contribution < 1.29 is 18.8 Å². The van der Waals surface area contributed by atoms with E-state index in [0.717, 1.165) is 47.7 Å². The van der Waals surface area contributed by atoms with E-state index >= 15 is 0 Å². The highest BCUT2D eigenvalue weighted by molar-refractivity contribution is 5.78. The van der Waals surface area contributed by atoms with Crippen LogP contribution in [-0.2, 0) is 29.1 Å². The summed E-state index contributed by atoms with van der Waals surface area (Å²) < 4.78 is 17.0. The maximum absolute atomic E-state index is 13.3. The summed E-state index contributed by atoms with van der Waals surface area (Å²) in [6.45, 7) is 7.26. The molecule has 1 aromatic heterocycles. The number of hydrogen-bond acceptors (Lipinski definition) is 6. The van der Waals surface area contributed by atoms with Gasteiger partial charge in [0.05, 0.1) is 32.1 Å². The van der Waals surface area contributed by atoms with E-state index in [1.807, 2.05) is 49.1 Å². The monoisotopic (exact) mass is 477 g/mol. The molecule has 2 heterocycles. The topological polar surface area (TPSA) is 68.0 Å². The lowest BCUT2D eigenvalue weighted by atomic mass is 10.1. The SMILES string of the molecule is COc1cccc(CN2CC(OCc3c(C)noc3C)CN(CCCc3ccccc3)CC2=O)c1. The van der Waals surface area contributed by atoms with Crippen LogP contribution in [0, 0.1) is 13.8 Å². The first-order valence-electron chi connectivity index (χ1n) is 12.2. The molecule has 0 radical (unpaired) electrons. The molecule has 35 heavy (non-hydrogen) atoms. The Morgan fingerprint density at radius 1 is 1.06 bits per heavy atom. The van der Waals surface area contributed by atoms with Crippen LogP contribution in [0.3, 0.4) is 0 Å². The van der Waals surface area contributed by atoms with Gasteiger partial charge in [-0.25, -0.2) is 0 Å². The van der Waals surface area contributed by atoms with Crippen LogP contribution in [0.15, 0.2) is 59.1 Å². The number of nitrogens with zero attached hydrogens (tertiary/aromatic N) is 3. The van der Waals surface area contributed by atoms with Crippen LogP contribution in [0.25, 0.3) is 0 Å². The maximum Gasteiger partial charge on any atom is 0.237 e. The Morgan fingerprint density at radius 2 is 1.86 bits per heavy atom. The highest BCUT2D eigenvalue weighted by Gasteiger charge is 2.29. The van der Waals surface area contributed by atoms with Gasteiger partial charge in [-0.3, -0.25) is 9.69 Å². The molecule has 1 fully saturated rings. The van der Waals surface area contributed by atoms with Crippen LogP contribution >= 0.6 is 0 Å². The van der Waals surface area contributed by atoms with Crippen molar-refractivity contribution in [2.75, 3.05) is 33.3 Å². The van der Waals surface area contributed by atoms with Crippen molar-refractivity contribution in [3.8, 4) is 5.75 Å². The molecule has 1 aliphatic heterocycles. The third kappa shape index (κ3) is 6.93. The van der Waals surface area contributed by atoms with Gasteiger partial charge in [-0.2, -0.15) is 0 Å². The number of amides is 1. The number of aryl methyl sites for hydroxylation is 3. The summed E-state index contributed by atoms with van der Waals surface area (Å²) in [6, 6.07) is 18.4. The van der Waals surface area contributed by atoms with Gasteiger partial charge < -0.3 is 18.9 Å². The van der Waals surface area contributed by atoms with Crippen LogP contribution < -0.4 is 4.74 Å². The maximum atomic E-state index is 13.3. The minimum absolute atomic E-state index is 0.113. The largest absolute Gasteiger partial charge is 0.497 e. The molecule has 4 rings (SSSR count). The average molecular weight is 478 g/mol. The van der Waals surface area contributed by atoms with Crippen LogP contribution in [0.5, 0.6) is 5.75 Å². The number of rotatable bonds is 10. The average Bonchev–Trinajstić information content (AvgIpc) is 3.10. The lowest BCUT2D eigenvalue weighted by molar-refractivity contribution is -0.132. The molecule has 0 aliphatic carbocycles. The number of methoxy groups -OCH3 is 1. The molecule has 0 bridgehead atoms. The van der Waals surface area contributed by atoms with E-state index < -0.39 is 0 Å². The third-order valence-electron chi connectivity index (χ3n) is 6.53. The molecule has 1 amide bonds. The second-order valence-corrected chi connectivity index (χ2v) is 9.19. The lowest BCUT2D eigenvalue weighted by Crippen LogP contribution is -2.37. The van der Waals surface area contributed by atoms with Crippen molar-refractivity contribution in [1.29, 1.82) is 0 Å². The zero-order valence-corrected chi connectivity index (χ0v) is 20.9. The normalized spacial score (nSPS) is 16.9. The molecule has 1 unspecified atom stereocenters. The number of carbonyl (C=O) groups excluding carboxylic acids is 1. The highest BCUT2D eigenvalue weighted by Crippen LogP contribution is 2.19. The summed E-state index contributed by atoms with van der Waals surface area (Å²) in [4.78, 5) is 17.4. The summed E-state index contributed by atoms with van der Waals surface area (Å²) in [5.74, 6) is 1.69. The number of benzene rings is 2. The molecule has 1 aliphatic rings. The number of aromatic nitrogens is 1.